The van der Waals surface area contributed by atoms with Crippen LogP contribution in [-0.2, 0) is 16.4 Å². The second-order valence-electron chi connectivity index (χ2n) is 5.00. The van der Waals surface area contributed by atoms with E-state index in [1.807, 2.05) is 37.3 Å². The first-order valence-electron chi connectivity index (χ1n) is 7.02. The van der Waals surface area contributed by atoms with Crippen LogP contribution in [0.2, 0.25) is 0 Å². The summed E-state index contributed by atoms with van der Waals surface area (Å²) in [7, 11) is -3.57. The van der Waals surface area contributed by atoms with E-state index in [1.165, 1.54) is 10.5 Å². The zero-order chi connectivity index (χ0) is 16.0. The topological polar surface area (TPSA) is 37.4 Å². The monoisotopic (exact) mass is 313 g/mol. The van der Waals surface area contributed by atoms with Crippen LogP contribution in [0.1, 0.15) is 11.1 Å². The summed E-state index contributed by atoms with van der Waals surface area (Å²) in [4.78, 5) is 0.276. The molecule has 0 saturated heterocycles. The van der Waals surface area contributed by atoms with E-state index in [1.54, 1.807) is 24.3 Å². The molecular weight excluding hydrogens is 294 g/mol. The minimum Gasteiger partial charge on any atom is -0.266 e. The summed E-state index contributed by atoms with van der Waals surface area (Å²) in [5.41, 5.74) is 4.67. The summed E-state index contributed by atoms with van der Waals surface area (Å²) in [5.74, 6) is 0. The lowest BCUT2D eigenvalue weighted by Gasteiger charge is -2.19. The minimum atomic E-state index is -3.57. The van der Waals surface area contributed by atoms with E-state index in [0.29, 0.717) is 13.0 Å². The van der Waals surface area contributed by atoms with Crippen molar-refractivity contribution in [2.24, 2.45) is 0 Å². The van der Waals surface area contributed by atoms with Gasteiger partial charge in [0.1, 0.15) is 0 Å². The molecule has 114 valence electrons. The van der Waals surface area contributed by atoms with Gasteiger partial charge in [0.2, 0.25) is 0 Å². The van der Waals surface area contributed by atoms with Crippen molar-refractivity contribution in [1.29, 1.82) is 0 Å². The van der Waals surface area contributed by atoms with Crippen molar-refractivity contribution in [2.45, 2.75) is 18.2 Å². The van der Waals surface area contributed by atoms with Gasteiger partial charge in [0.05, 0.1) is 11.1 Å². The first-order chi connectivity index (χ1) is 10.5. The Balaban J connectivity index is 2.23. The highest BCUT2D eigenvalue weighted by Crippen LogP contribution is 2.17. The highest BCUT2D eigenvalue weighted by atomic mass is 32.2. The van der Waals surface area contributed by atoms with Crippen molar-refractivity contribution in [1.82, 2.24) is 4.31 Å². The van der Waals surface area contributed by atoms with Gasteiger partial charge in [-0.25, -0.2) is 8.42 Å². The van der Waals surface area contributed by atoms with E-state index in [2.05, 4.69) is 12.3 Å². The Bertz CT molecular complexity index is 758. The van der Waals surface area contributed by atoms with Gasteiger partial charge in [-0.1, -0.05) is 54.6 Å². The molecule has 0 radical (unpaired) electrons. The molecule has 0 aliphatic rings. The normalized spacial score (nSPS) is 10.8. The summed E-state index contributed by atoms with van der Waals surface area (Å²) >= 11 is 0. The number of nitrogens with zero attached hydrogens (tertiary/aromatic N) is 1. The molecule has 0 unspecified atom stereocenters. The molecular formula is C18H19NO2S. The fourth-order valence-electron chi connectivity index (χ4n) is 2.09. The van der Waals surface area contributed by atoms with Crippen molar-refractivity contribution < 1.29 is 8.42 Å². The van der Waals surface area contributed by atoms with Crippen molar-refractivity contribution in [3.8, 4) is 0 Å². The predicted octanol–water partition coefficient (Wildman–Crippen LogP) is 3.53. The average molecular weight is 313 g/mol. The number of sulfonamides is 1. The Morgan fingerprint density at radius 2 is 1.73 bits per heavy atom. The van der Waals surface area contributed by atoms with E-state index in [-0.39, 0.29) is 4.90 Å². The third-order valence-electron chi connectivity index (χ3n) is 3.33. The molecule has 0 aliphatic heterocycles. The van der Waals surface area contributed by atoms with Crippen LogP contribution in [0.25, 0.3) is 0 Å². The Morgan fingerprint density at radius 1 is 1.09 bits per heavy atom. The molecule has 0 N–H and O–H groups in total. The van der Waals surface area contributed by atoms with Gasteiger partial charge in [0, 0.05) is 6.54 Å². The number of hydrogen-bond acceptors (Lipinski definition) is 2. The van der Waals surface area contributed by atoms with E-state index >= 15 is 0 Å². The maximum Gasteiger partial charge on any atom is 0.264 e. The van der Waals surface area contributed by atoms with Gasteiger partial charge in [-0.05, 0) is 31.0 Å². The van der Waals surface area contributed by atoms with E-state index in [9.17, 15) is 8.42 Å². The molecule has 0 atom stereocenters. The third-order valence-corrected chi connectivity index (χ3v) is 5.10. The molecule has 3 nitrogen and oxygen atoms in total. The first kappa shape index (κ1) is 16.1. The van der Waals surface area contributed by atoms with Gasteiger partial charge in [-0.2, -0.15) is 0 Å². The largest absolute Gasteiger partial charge is 0.266 e. The van der Waals surface area contributed by atoms with Crippen LogP contribution in [0.15, 0.2) is 78.0 Å². The number of aryl methyl sites for hydroxylation is 1. The van der Waals surface area contributed by atoms with E-state index in [4.69, 9.17) is 0 Å². The van der Waals surface area contributed by atoms with E-state index < -0.39 is 10.0 Å². The smallest absolute Gasteiger partial charge is 0.264 e. The van der Waals surface area contributed by atoms with Gasteiger partial charge in [-0.3, -0.25) is 4.31 Å². The Labute approximate surface area is 132 Å². The quantitative estimate of drug-likeness (QED) is 0.765. The van der Waals surface area contributed by atoms with Crippen LogP contribution in [-0.4, -0.2) is 19.3 Å². The number of hydrogen-bond donors (Lipinski definition) is 0. The highest BCUT2D eigenvalue weighted by molar-refractivity contribution is 7.89. The highest BCUT2D eigenvalue weighted by Gasteiger charge is 2.21. The van der Waals surface area contributed by atoms with Crippen molar-refractivity contribution in [3.05, 3.63) is 84.2 Å². The predicted molar refractivity (Wildman–Crippen MR) is 88.9 cm³/mol. The lowest BCUT2D eigenvalue weighted by Crippen LogP contribution is -2.28. The molecule has 0 bridgehead atoms. The third kappa shape index (κ3) is 3.88. The van der Waals surface area contributed by atoms with Crippen molar-refractivity contribution >= 4 is 10.0 Å². The van der Waals surface area contributed by atoms with E-state index in [0.717, 1.165) is 11.1 Å². The van der Waals surface area contributed by atoms with Crippen LogP contribution in [0.3, 0.4) is 0 Å². The molecule has 0 saturated carbocycles. The molecule has 0 amide bonds. The van der Waals surface area contributed by atoms with Crippen LogP contribution in [0.5, 0.6) is 0 Å². The number of rotatable bonds is 6. The van der Waals surface area contributed by atoms with Gasteiger partial charge in [0.15, 0.2) is 0 Å². The molecule has 0 aliphatic carbocycles. The summed E-state index contributed by atoms with van der Waals surface area (Å²) in [6.45, 7) is 5.76. The Morgan fingerprint density at radius 3 is 2.32 bits per heavy atom. The molecule has 2 aromatic rings. The Hall–Kier alpha value is -2.29. The van der Waals surface area contributed by atoms with Gasteiger partial charge < -0.3 is 0 Å². The summed E-state index contributed by atoms with van der Waals surface area (Å²) in [6, 6.07) is 16.6. The molecule has 0 spiro atoms. The van der Waals surface area contributed by atoms with Gasteiger partial charge >= 0.3 is 0 Å². The number of benzene rings is 2. The molecule has 4 heteroatoms. The lowest BCUT2D eigenvalue weighted by atomic mass is 10.1. The first-order valence-corrected chi connectivity index (χ1v) is 8.46. The van der Waals surface area contributed by atoms with Crippen LogP contribution in [0, 0.1) is 6.92 Å². The maximum absolute atomic E-state index is 12.7. The summed E-state index contributed by atoms with van der Waals surface area (Å²) in [5, 5.41) is 0. The average Bonchev–Trinajstić information content (AvgIpc) is 2.52. The Kier molecular flexibility index (Phi) is 5.21. The standard InChI is InChI=1S/C18H19NO2S/c1-3-14-19(15-13-17-7-5-4-6-8-17)22(20,21)18-11-9-16(2)10-12-18/h4-12,14H,1,13,15H2,2H3. The van der Waals surface area contributed by atoms with Gasteiger partial charge in [0.25, 0.3) is 10.0 Å². The second-order valence-corrected chi connectivity index (χ2v) is 6.89. The zero-order valence-electron chi connectivity index (χ0n) is 12.6. The molecule has 22 heavy (non-hydrogen) atoms. The molecule has 0 aromatic heterocycles. The minimum absolute atomic E-state index is 0.276. The van der Waals surface area contributed by atoms with Crippen LogP contribution < -0.4 is 0 Å². The second kappa shape index (κ2) is 7.12. The molecule has 2 rings (SSSR count). The fourth-order valence-corrected chi connectivity index (χ4v) is 3.38. The molecule has 2 aromatic carbocycles. The summed E-state index contributed by atoms with van der Waals surface area (Å²) < 4.78 is 26.7. The van der Waals surface area contributed by atoms with Crippen LogP contribution >= 0.6 is 0 Å². The molecule has 0 heterocycles. The lowest BCUT2D eigenvalue weighted by molar-refractivity contribution is 0.500. The van der Waals surface area contributed by atoms with Crippen LogP contribution in [0.4, 0.5) is 0 Å². The van der Waals surface area contributed by atoms with Gasteiger partial charge in [-0.15, -0.1) is 5.73 Å². The SMILES string of the molecule is C=C=CN(CCc1ccccc1)S(=O)(=O)c1ccc(C)cc1. The van der Waals surface area contributed by atoms with Crippen molar-refractivity contribution in [2.75, 3.05) is 6.54 Å². The maximum atomic E-state index is 12.7. The fraction of sp³-hybridized carbons (Fsp3) is 0.167. The summed E-state index contributed by atoms with van der Waals surface area (Å²) in [6.07, 6.45) is 2.02. The zero-order valence-corrected chi connectivity index (χ0v) is 13.4. The van der Waals surface area contributed by atoms with Crippen molar-refractivity contribution in [3.63, 3.8) is 0 Å². The molecule has 0 fully saturated rings.